The van der Waals surface area contributed by atoms with Gasteiger partial charge in [0.05, 0.1) is 19.3 Å². The number of hydrogen-bond acceptors (Lipinski definition) is 4. The first-order chi connectivity index (χ1) is 8.83. The highest BCUT2D eigenvalue weighted by Gasteiger charge is 2.32. The standard InChI is InChI=1S/C14H23NO3/c1-16-7-6-12-9-17-14(18-10-12)13-4-2-11(8-15)3-5-13/h11-14H,2-7,9-10H2,1H3/t11-,12-,13-,14-. The normalized spacial score (nSPS) is 37.1. The van der Waals surface area contributed by atoms with Crippen molar-refractivity contribution in [3.05, 3.63) is 0 Å². The molecular weight excluding hydrogens is 230 g/mol. The largest absolute Gasteiger partial charge is 0.385 e. The Kier molecular flexibility index (Phi) is 5.43. The number of ether oxygens (including phenoxy) is 3. The van der Waals surface area contributed by atoms with Gasteiger partial charge in [-0.05, 0) is 32.1 Å². The minimum Gasteiger partial charge on any atom is -0.385 e. The summed E-state index contributed by atoms with van der Waals surface area (Å²) in [6.07, 6.45) is 5.08. The van der Waals surface area contributed by atoms with Gasteiger partial charge in [-0.15, -0.1) is 0 Å². The highest BCUT2D eigenvalue weighted by atomic mass is 16.7. The lowest BCUT2D eigenvalue weighted by atomic mass is 9.82. The zero-order chi connectivity index (χ0) is 12.8. The molecule has 4 nitrogen and oxygen atoms in total. The average Bonchev–Trinajstić information content (AvgIpc) is 2.46. The summed E-state index contributed by atoms with van der Waals surface area (Å²) in [7, 11) is 1.72. The summed E-state index contributed by atoms with van der Waals surface area (Å²) >= 11 is 0. The van der Waals surface area contributed by atoms with Crippen LogP contribution in [0.15, 0.2) is 0 Å². The van der Waals surface area contributed by atoms with E-state index in [4.69, 9.17) is 19.5 Å². The Morgan fingerprint density at radius 2 is 1.83 bits per heavy atom. The molecule has 0 spiro atoms. The van der Waals surface area contributed by atoms with Crippen LogP contribution in [-0.2, 0) is 14.2 Å². The molecule has 1 aliphatic carbocycles. The molecule has 0 amide bonds. The number of nitrogens with zero attached hydrogens (tertiary/aromatic N) is 1. The predicted octanol–water partition coefficient (Wildman–Crippen LogP) is 2.34. The SMILES string of the molecule is COCC[C@H]1CO[C@H]([C@H]2CC[C@H](C#N)CC2)OC1. The second-order valence-electron chi connectivity index (χ2n) is 5.42. The van der Waals surface area contributed by atoms with E-state index in [0.717, 1.165) is 51.9 Å². The lowest BCUT2D eigenvalue weighted by Gasteiger charge is -2.36. The van der Waals surface area contributed by atoms with E-state index in [1.165, 1.54) is 0 Å². The van der Waals surface area contributed by atoms with E-state index >= 15 is 0 Å². The van der Waals surface area contributed by atoms with Crippen molar-refractivity contribution < 1.29 is 14.2 Å². The quantitative estimate of drug-likeness (QED) is 0.771. The first-order valence-corrected chi connectivity index (χ1v) is 6.95. The highest BCUT2D eigenvalue weighted by molar-refractivity contribution is 4.88. The molecule has 1 aliphatic heterocycles. The maximum atomic E-state index is 8.88. The van der Waals surface area contributed by atoms with Gasteiger partial charge in [0.25, 0.3) is 0 Å². The van der Waals surface area contributed by atoms with Crippen LogP contribution in [0.25, 0.3) is 0 Å². The third-order valence-corrected chi connectivity index (χ3v) is 4.06. The molecular formula is C14H23NO3. The Bertz CT molecular complexity index is 273. The molecule has 102 valence electrons. The summed E-state index contributed by atoms with van der Waals surface area (Å²) in [5, 5.41) is 8.88. The van der Waals surface area contributed by atoms with E-state index in [-0.39, 0.29) is 12.2 Å². The minimum absolute atomic E-state index is 0.0385. The van der Waals surface area contributed by atoms with Gasteiger partial charge in [-0.1, -0.05) is 0 Å². The molecule has 0 radical (unpaired) electrons. The molecule has 2 rings (SSSR count). The summed E-state index contributed by atoms with van der Waals surface area (Å²) < 4.78 is 16.7. The molecule has 2 aliphatic rings. The Hall–Kier alpha value is -0.630. The highest BCUT2D eigenvalue weighted by Crippen LogP contribution is 2.33. The Balaban J connectivity index is 1.69. The van der Waals surface area contributed by atoms with Gasteiger partial charge in [0.2, 0.25) is 0 Å². The molecule has 1 saturated heterocycles. The zero-order valence-corrected chi connectivity index (χ0v) is 11.1. The molecule has 0 atom stereocenters. The molecule has 1 saturated carbocycles. The van der Waals surface area contributed by atoms with Crippen molar-refractivity contribution in [2.75, 3.05) is 26.9 Å². The van der Waals surface area contributed by atoms with Crippen LogP contribution in [0, 0.1) is 29.1 Å². The van der Waals surface area contributed by atoms with E-state index in [9.17, 15) is 0 Å². The lowest BCUT2D eigenvalue weighted by molar-refractivity contribution is -0.230. The van der Waals surface area contributed by atoms with Crippen molar-refractivity contribution in [3.63, 3.8) is 0 Å². The maximum absolute atomic E-state index is 8.88. The van der Waals surface area contributed by atoms with Crippen LogP contribution in [-0.4, -0.2) is 33.2 Å². The van der Waals surface area contributed by atoms with Crippen molar-refractivity contribution in [1.82, 2.24) is 0 Å². The number of hydrogen-bond donors (Lipinski definition) is 0. The summed E-state index contributed by atoms with van der Waals surface area (Å²) in [5.41, 5.74) is 0. The van der Waals surface area contributed by atoms with Crippen LogP contribution < -0.4 is 0 Å². The van der Waals surface area contributed by atoms with Crippen LogP contribution >= 0.6 is 0 Å². The molecule has 0 bridgehead atoms. The van der Waals surface area contributed by atoms with Crippen molar-refractivity contribution in [1.29, 1.82) is 5.26 Å². The van der Waals surface area contributed by atoms with Gasteiger partial charge < -0.3 is 14.2 Å². The van der Waals surface area contributed by atoms with E-state index < -0.39 is 0 Å². The lowest BCUT2D eigenvalue weighted by Crippen LogP contribution is -2.38. The first kappa shape index (κ1) is 13.8. The second-order valence-corrected chi connectivity index (χ2v) is 5.42. The molecule has 0 aromatic rings. The van der Waals surface area contributed by atoms with Crippen LogP contribution in [0.3, 0.4) is 0 Å². The maximum Gasteiger partial charge on any atom is 0.160 e. The van der Waals surface area contributed by atoms with E-state index in [1.807, 2.05) is 0 Å². The Morgan fingerprint density at radius 1 is 1.17 bits per heavy atom. The van der Waals surface area contributed by atoms with Crippen LogP contribution in [0.5, 0.6) is 0 Å². The van der Waals surface area contributed by atoms with Gasteiger partial charge >= 0.3 is 0 Å². The van der Waals surface area contributed by atoms with Gasteiger partial charge in [-0.25, -0.2) is 0 Å². The predicted molar refractivity (Wildman–Crippen MR) is 66.7 cm³/mol. The fraction of sp³-hybridized carbons (Fsp3) is 0.929. The number of rotatable bonds is 4. The molecule has 2 fully saturated rings. The van der Waals surface area contributed by atoms with E-state index in [1.54, 1.807) is 7.11 Å². The summed E-state index contributed by atoms with van der Waals surface area (Å²) in [6, 6.07) is 2.36. The third-order valence-electron chi connectivity index (χ3n) is 4.06. The molecule has 0 unspecified atom stereocenters. The minimum atomic E-state index is -0.0385. The van der Waals surface area contributed by atoms with E-state index in [2.05, 4.69) is 6.07 Å². The average molecular weight is 253 g/mol. The van der Waals surface area contributed by atoms with Gasteiger partial charge in [0, 0.05) is 31.5 Å². The van der Waals surface area contributed by atoms with Crippen LogP contribution in [0.1, 0.15) is 32.1 Å². The Labute approximate surface area is 109 Å². The summed E-state index contributed by atoms with van der Waals surface area (Å²) in [5.74, 6) is 1.20. The first-order valence-electron chi connectivity index (χ1n) is 6.95. The molecule has 0 aromatic carbocycles. The third kappa shape index (κ3) is 3.68. The van der Waals surface area contributed by atoms with Gasteiger partial charge in [0.1, 0.15) is 0 Å². The van der Waals surface area contributed by atoms with Crippen molar-refractivity contribution >= 4 is 0 Å². The van der Waals surface area contributed by atoms with Crippen LogP contribution in [0.4, 0.5) is 0 Å². The smallest absolute Gasteiger partial charge is 0.160 e. The fourth-order valence-corrected chi connectivity index (χ4v) is 2.80. The van der Waals surface area contributed by atoms with Crippen molar-refractivity contribution in [2.45, 2.75) is 38.4 Å². The van der Waals surface area contributed by atoms with Gasteiger partial charge in [-0.2, -0.15) is 5.26 Å². The topological polar surface area (TPSA) is 51.5 Å². The van der Waals surface area contributed by atoms with Gasteiger partial charge in [-0.3, -0.25) is 0 Å². The zero-order valence-electron chi connectivity index (χ0n) is 11.1. The van der Waals surface area contributed by atoms with Crippen molar-refractivity contribution in [3.8, 4) is 6.07 Å². The number of methoxy groups -OCH3 is 1. The number of nitriles is 1. The summed E-state index contributed by atoms with van der Waals surface area (Å²) in [6.45, 7) is 2.34. The van der Waals surface area contributed by atoms with Gasteiger partial charge in [0.15, 0.2) is 6.29 Å². The second kappa shape index (κ2) is 7.08. The van der Waals surface area contributed by atoms with E-state index in [0.29, 0.717) is 11.8 Å². The molecule has 4 heteroatoms. The Morgan fingerprint density at radius 3 is 2.39 bits per heavy atom. The molecule has 0 aromatic heterocycles. The van der Waals surface area contributed by atoms with Crippen molar-refractivity contribution in [2.24, 2.45) is 17.8 Å². The molecule has 0 N–H and O–H groups in total. The monoisotopic (exact) mass is 253 g/mol. The summed E-state index contributed by atoms with van der Waals surface area (Å²) in [4.78, 5) is 0. The fourth-order valence-electron chi connectivity index (χ4n) is 2.80. The molecule has 18 heavy (non-hydrogen) atoms. The molecule has 1 heterocycles. The van der Waals surface area contributed by atoms with Crippen LogP contribution in [0.2, 0.25) is 0 Å².